The van der Waals surface area contributed by atoms with Crippen LogP contribution in [0.3, 0.4) is 0 Å². The van der Waals surface area contributed by atoms with E-state index in [0.29, 0.717) is 24.7 Å². The molecule has 0 saturated carbocycles. The lowest BCUT2D eigenvalue weighted by Crippen LogP contribution is -2.47. The summed E-state index contributed by atoms with van der Waals surface area (Å²) >= 11 is 0. The Hall–Kier alpha value is -4.85. The summed E-state index contributed by atoms with van der Waals surface area (Å²) < 4.78 is 22.9. The lowest BCUT2D eigenvalue weighted by molar-refractivity contribution is -0.146. The Morgan fingerprint density at radius 2 is 1.30 bits per heavy atom. The van der Waals surface area contributed by atoms with Crippen molar-refractivity contribution in [3.63, 3.8) is 0 Å². The van der Waals surface area contributed by atoms with Crippen molar-refractivity contribution in [2.75, 3.05) is 13.2 Å². The minimum Gasteiger partial charge on any atom is -0.494 e. The van der Waals surface area contributed by atoms with Crippen LogP contribution in [0.25, 0.3) is 0 Å². The summed E-state index contributed by atoms with van der Waals surface area (Å²) in [4.78, 5) is 39.0. The molecule has 4 rings (SSSR count). The fraction of sp³-hybridized carbons (Fsp3) is 0.306. The first-order valence-electron chi connectivity index (χ1n) is 14.9. The number of benzene rings is 3. The second-order valence-corrected chi connectivity index (χ2v) is 10.6. The van der Waals surface area contributed by atoms with Gasteiger partial charge in [0.25, 0.3) is 0 Å². The average Bonchev–Trinajstić information content (AvgIpc) is 3.03. The zero-order valence-corrected chi connectivity index (χ0v) is 25.1. The highest BCUT2D eigenvalue weighted by Crippen LogP contribution is 2.36. The van der Waals surface area contributed by atoms with Gasteiger partial charge >= 0.3 is 17.9 Å². The molecule has 0 aliphatic heterocycles. The molecular weight excluding hydrogens is 560 g/mol. The van der Waals surface area contributed by atoms with E-state index in [0.717, 1.165) is 31.2 Å². The van der Waals surface area contributed by atoms with Crippen LogP contribution in [0, 0.1) is 5.92 Å². The highest BCUT2D eigenvalue weighted by atomic mass is 16.6. The number of ether oxygens (including phenoxy) is 4. The van der Waals surface area contributed by atoms with Gasteiger partial charge in [0.05, 0.1) is 24.3 Å². The van der Waals surface area contributed by atoms with Gasteiger partial charge in [-0.3, -0.25) is 4.79 Å². The summed E-state index contributed by atoms with van der Waals surface area (Å²) in [5.41, 5.74) is -0.288. The highest BCUT2D eigenvalue weighted by Gasteiger charge is 2.46. The molecule has 8 nitrogen and oxygen atoms in total. The van der Waals surface area contributed by atoms with Crippen molar-refractivity contribution in [2.24, 2.45) is 5.92 Å². The van der Waals surface area contributed by atoms with E-state index in [-0.39, 0.29) is 23.3 Å². The van der Waals surface area contributed by atoms with Gasteiger partial charge in [-0.15, -0.1) is 0 Å². The molecule has 1 aliphatic rings. The Balaban J connectivity index is 1.54. The molecule has 0 heterocycles. The number of carboxylic acids is 1. The van der Waals surface area contributed by atoms with Crippen molar-refractivity contribution in [2.45, 2.75) is 51.6 Å². The molecular formula is C36H38O8. The second kappa shape index (κ2) is 15.6. The fourth-order valence-corrected chi connectivity index (χ4v) is 4.69. The molecule has 1 N–H and O–H groups in total. The maximum atomic E-state index is 13.4. The second-order valence-electron chi connectivity index (χ2n) is 10.6. The lowest BCUT2D eigenvalue weighted by atomic mass is 9.78. The number of rotatable bonds is 15. The van der Waals surface area contributed by atoms with Gasteiger partial charge in [-0.1, -0.05) is 57.0 Å². The molecule has 0 amide bonds. The van der Waals surface area contributed by atoms with E-state index in [4.69, 9.17) is 18.9 Å². The van der Waals surface area contributed by atoms with Gasteiger partial charge in [-0.2, -0.15) is 0 Å². The van der Waals surface area contributed by atoms with Gasteiger partial charge < -0.3 is 24.1 Å². The van der Waals surface area contributed by atoms with E-state index in [1.165, 1.54) is 18.2 Å². The number of esters is 2. The van der Waals surface area contributed by atoms with Gasteiger partial charge in [0, 0.05) is 6.42 Å². The number of carbonyl (C=O) groups excluding carboxylic acids is 2. The number of aliphatic carboxylic acids is 1. The summed E-state index contributed by atoms with van der Waals surface area (Å²) in [5, 5.41) is 10.3. The van der Waals surface area contributed by atoms with E-state index >= 15 is 0 Å². The zero-order chi connectivity index (χ0) is 31.4. The van der Waals surface area contributed by atoms with E-state index < -0.39 is 29.4 Å². The van der Waals surface area contributed by atoms with Gasteiger partial charge in [0.15, 0.2) is 5.60 Å². The first-order valence-corrected chi connectivity index (χ1v) is 14.9. The van der Waals surface area contributed by atoms with Crippen molar-refractivity contribution < 1.29 is 38.4 Å². The molecule has 0 spiro atoms. The van der Waals surface area contributed by atoms with Crippen LogP contribution in [0.1, 0.15) is 65.8 Å². The van der Waals surface area contributed by atoms with Crippen molar-refractivity contribution >= 4 is 17.9 Å². The Morgan fingerprint density at radius 3 is 1.82 bits per heavy atom. The Kier molecular flexibility index (Phi) is 11.3. The first-order chi connectivity index (χ1) is 21.3. The van der Waals surface area contributed by atoms with Crippen molar-refractivity contribution in [1.82, 2.24) is 0 Å². The third-order valence-corrected chi connectivity index (χ3v) is 7.18. The van der Waals surface area contributed by atoms with Crippen LogP contribution in [0.2, 0.25) is 0 Å². The smallest absolute Gasteiger partial charge is 0.343 e. The number of hydrogen-bond acceptors (Lipinski definition) is 7. The molecule has 0 aromatic heterocycles. The third-order valence-electron chi connectivity index (χ3n) is 7.18. The van der Waals surface area contributed by atoms with Gasteiger partial charge in [-0.05, 0) is 85.2 Å². The van der Waals surface area contributed by atoms with Crippen LogP contribution in [0.15, 0.2) is 103 Å². The molecule has 2 unspecified atom stereocenters. The summed E-state index contributed by atoms with van der Waals surface area (Å²) in [5.74, 6) is -2.61. The first kappa shape index (κ1) is 32.1. The molecule has 0 saturated heterocycles. The monoisotopic (exact) mass is 598 g/mol. The molecule has 1 aliphatic carbocycles. The Bertz CT molecular complexity index is 1460. The molecule has 3 aromatic carbocycles. The van der Waals surface area contributed by atoms with E-state index in [9.17, 15) is 19.5 Å². The van der Waals surface area contributed by atoms with Gasteiger partial charge in [0.1, 0.15) is 23.2 Å². The number of hydrogen-bond donors (Lipinski definition) is 1. The topological polar surface area (TPSA) is 108 Å². The minimum atomic E-state index is -1.59. The molecule has 0 fully saturated rings. The molecule has 2 atom stereocenters. The maximum Gasteiger partial charge on any atom is 0.343 e. The van der Waals surface area contributed by atoms with Gasteiger partial charge in [-0.25, -0.2) is 9.59 Å². The van der Waals surface area contributed by atoms with Gasteiger partial charge in [0.2, 0.25) is 0 Å². The number of carbonyl (C=O) groups is 3. The summed E-state index contributed by atoms with van der Waals surface area (Å²) in [7, 11) is 0. The normalized spacial score (nSPS) is 17.3. The van der Waals surface area contributed by atoms with E-state index in [2.05, 4.69) is 13.8 Å². The lowest BCUT2D eigenvalue weighted by Gasteiger charge is -2.36. The van der Waals surface area contributed by atoms with E-state index in [1.807, 2.05) is 30.3 Å². The molecule has 230 valence electrons. The SMILES string of the molecule is CCCCOc1ccc(C(=O)OC2=CC(C(=O)O)C(Cc3ccccc3)(OC(=O)c3ccc(OCCCC)cc3)C=C2)cc1. The average molecular weight is 599 g/mol. The Morgan fingerprint density at radius 1 is 0.750 bits per heavy atom. The zero-order valence-electron chi connectivity index (χ0n) is 25.1. The maximum absolute atomic E-state index is 13.4. The van der Waals surface area contributed by atoms with Crippen molar-refractivity contribution in [3.05, 3.63) is 120 Å². The molecule has 44 heavy (non-hydrogen) atoms. The minimum absolute atomic E-state index is 0.0407. The van der Waals surface area contributed by atoms with E-state index in [1.54, 1.807) is 48.5 Å². The molecule has 3 aromatic rings. The fourth-order valence-electron chi connectivity index (χ4n) is 4.69. The van der Waals surface area contributed by atoms with Crippen LogP contribution in [-0.2, 0) is 20.7 Å². The predicted molar refractivity (Wildman–Crippen MR) is 166 cm³/mol. The predicted octanol–water partition coefficient (Wildman–Crippen LogP) is 7.19. The third kappa shape index (κ3) is 8.60. The summed E-state index contributed by atoms with van der Waals surface area (Å²) in [6, 6.07) is 22.3. The quantitative estimate of drug-likeness (QED) is 0.145. The standard InChI is InChI=1S/C36H38O8/c1-3-5-22-41-29-16-12-27(13-17-29)34(39)43-31-20-21-36(32(24-31)33(37)38,25-26-10-8-7-9-11-26)44-35(40)28-14-18-30(19-15-28)42-23-6-4-2/h7-21,24,32H,3-6,22-23,25H2,1-2H3,(H,37,38). The highest BCUT2D eigenvalue weighted by molar-refractivity contribution is 5.91. The number of unbranched alkanes of at least 4 members (excludes halogenated alkanes) is 2. The van der Waals surface area contributed by atoms with Crippen LogP contribution in [0.4, 0.5) is 0 Å². The molecule has 0 radical (unpaired) electrons. The van der Waals surface area contributed by atoms with Crippen LogP contribution in [0.5, 0.6) is 11.5 Å². The summed E-state index contributed by atoms with van der Waals surface area (Å²) in [6.45, 7) is 5.31. The van der Waals surface area contributed by atoms with Crippen molar-refractivity contribution in [3.8, 4) is 11.5 Å². The van der Waals surface area contributed by atoms with Crippen LogP contribution in [-0.4, -0.2) is 41.8 Å². The number of allylic oxidation sites excluding steroid dienone is 1. The Labute approximate surface area is 257 Å². The summed E-state index contributed by atoms with van der Waals surface area (Å²) in [6.07, 6.45) is 8.22. The molecule has 8 heteroatoms. The molecule has 0 bridgehead atoms. The number of carboxylic acid groups (broad SMARTS) is 1. The largest absolute Gasteiger partial charge is 0.494 e. The van der Waals surface area contributed by atoms with Crippen LogP contribution < -0.4 is 9.47 Å². The van der Waals surface area contributed by atoms with Crippen molar-refractivity contribution in [1.29, 1.82) is 0 Å². The van der Waals surface area contributed by atoms with Crippen LogP contribution >= 0.6 is 0 Å².